The summed E-state index contributed by atoms with van der Waals surface area (Å²) in [7, 11) is 1.71. The SMILES string of the molecule is CN(CC(=O)Nc1ccccc1C(F)(F)F)Cc1ccc2c(c1)OCO2. The van der Waals surface area contributed by atoms with Gasteiger partial charge in [0, 0.05) is 6.54 Å². The van der Waals surface area contributed by atoms with Gasteiger partial charge in [-0.2, -0.15) is 13.2 Å². The number of ether oxygens (including phenoxy) is 2. The van der Waals surface area contributed by atoms with Gasteiger partial charge in [-0.15, -0.1) is 0 Å². The second-order valence-electron chi connectivity index (χ2n) is 5.95. The highest BCUT2D eigenvalue weighted by Crippen LogP contribution is 2.35. The van der Waals surface area contributed by atoms with E-state index in [1.807, 2.05) is 12.1 Å². The van der Waals surface area contributed by atoms with Crippen LogP contribution in [0, 0.1) is 0 Å². The van der Waals surface area contributed by atoms with E-state index in [2.05, 4.69) is 5.32 Å². The molecule has 0 bridgehead atoms. The Balaban J connectivity index is 1.60. The first-order valence-corrected chi connectivity index (χ1v) is 7.86. The van der Waals surface area contributed by atoms with Gasteiger partial charge in [0.15, 0.2) is 11.5 Å². The first kappa shape index (κ1) is 18.1. The largest absolute Gasteiger partial charge is 0.454 e. The Morgan fingerprint density at radius 3 is 2.65 bits per heavy atom. The third-order valence-electron chi connectivity index (χ3n) is 3.81. The molecule has 0 unspecified atom stereocenters. The van der Waals surface area contributed by atoms with Gasteiger partial charge in [-0.05, 0) is 36.9 Å². The highest BCUT2D eigenvalue weighted by Gasteiger charge is 2.33. The minimum atomic E-state index is -4.53. The lowest BCUT2D eigenvalue weighted by molar-refractivity contribution is -0.137. The average Bonchev–Trinajstić information content (AvgIpc) is 3.01. The maximum atomic E-state index is 13.0. The van der Waals surface area contributed by atoms with Gasteiger partial charge in [0.05, 0.1) is 17.8 Å². The third-order valence-corrected chi connectivity index (χ3v) is 3.81. The Morgan fingerprint density at radius 2 is 1.88 bits per heavy atom. The van der Waals surface area contributed by atoms with Gasteiger partial charge in [0.1, 0.15) is 0 Å². The minimum absolute atomic E-state index is 0.0549. The zero-order valence-electron chi connectivity index (χ0n) is 14.0. The summed E-state index contributed by atoms with van der Waals surface area (Å²) in [5.74, 6) is 0.780. The van der Waals surface area contributed by atoms with Crippen molar-refractivity contribution in [3.63, 3.8) is 0 Å². The molecule has 8 heteroatoms. The van der Waals surface area contributed by atoms with Gasteiger partial charge < -0.3 is 14.8 Å². The van der Waals surface area contributed by atoms with Crippen molar-refractivity contribution in [2.24, 2.45) is 0 Å². The molecule has 138 valence electrons. The molecule has 1 N–H and O–H groups in total. The first-order valence-electron chi connectivity index (χ1n) is 7.86. The van der Waals surface area contributed by atoms with E-state index in [1.54, 1.807) is 18.0 Å². The molecular weight excluding hydrogens is 349 g/mol. The lowest BCUT2D eigenvalue weighted by atomic mass is 10.1. The summed E-state index contributed by atoms with van der Waals surface area (Å²) >= 11 is 0. The van der Waals surface area contributed by atoms with Crippen LogP contribution in [-0.4, -0.2) is 31.2 Å². The molecule has 0 aliphatic carbocycles. The van der Waals surface area contributed by atoms with Crippen molar-refractivity contribution >= 4 is 11.6 Å². The van der Waals surface area contributed by atoms with Crippen LogP contribution in [0.2, 0.25) is 0 Å². The van der Waals surface area contributed by atoms with E-state index >= 15 is 0 Å². The van der Waals surface area contributed by atoms with Crippen LogP contribution >= 0.6 is 0 Å². The zero-order chi connectivity index (χ0) is 18.7. The molecule has 0 spiro atoms. The summed E-state index contributed by atoms with van der Waals surface area (Å²) in [5, 5.41) is 2.33. The Kier molecular flexibility index (Phi) is 5.03. The summed E-state index contributed by atoms with van der Waals surface area (Å²) < 4.78 is 49.5. The molecule has 0 saturated heterocycles. The van der Waals surface area contributed by atoms with E-state index in [9.17, 15) is 18.0 Å². The summed E-state index contributed by atoms with van der Waals surface area (Å²) in [4.78, 5) is 13.8. The highest BCUT2D eigenvalue weighted by molar-refractivity contribution is 5.93. The topological polar surface area (TPSA) is 50.8 Å². The molecule has 2 aromatic carbocycles. The van der Waals surface area contributed by atoms with E-state index in [0.717, 1.165) is 11.6 Å². The molecule has 1 amide bonds. The smallest absolute Gasteiger partial charge is 0.418 e. The number of anilines is 1. The highest BCUT2D eigenvalue weighted by atomic mass is 19.4. The van der Waals surface area contributed by atoms with Gasteiger partial charge in [0.2, 0.25) is 12.7 Å². The van der Waals surface area contributed by atoms with Gasteiger partial charge in [-0.1, -0.05) is 18.2 Å². The van der Waals surface area contributed by atoms with Crippen molar-refractivity contribution in [1.29, 1.82) is 0 Å². The Morgan fingerprint density at radius 1 is 1.15 bits per heavy atom. The fraction of sp³-hybridized carbons (Fsp3) is 0.278. The summed E-state index contributed by atoms with van der Waals surface area (Å²) in [5.41, 5.74) is -0.214. The van der Waals surface area contributed by atoms with Crippen LogP contribution in [0.25, 0.3) is 0 Å². The van der Waals surface area contributed by atoms with Crippen molar-refractivity contribution in [2.45, 2.75) is 12.7 Å². The Labute approximate surface area is 148 Å². The van der Waals surface area contributed by atoms with Gasteiger partial charge in [-0.3, -0.25) is 9.69 Å². The molecule has 0 atom stereocenters. The van der Waals surface area contributed by atoms with Crippen LogP contribution in [0.5, 0.6) is 11.5 Å². The second kappa shape index (κ2) is 7.25. The maximum Gasteiger partial charge on any atom is 0.418 e. The number of halogens is 3. The summed E-state index contributed by atoms with van der Waals surface area (Å²) in [6.07, 6.45) is -4.53. The number of hydrogen-bond donors (Lipinski definition) is 1. The molecule has 1 aliphatic heterocycles. The zero-order valence-corrected chi connectivity index (χ0v) is 14.0. The minimum Gasteiger partial charge on any atom is -0.454 e. The lowest BCUT2D eigenvalue weighted by Gasteiger charge is -2.18. The predicted molar refractivity (Wildman–Crippen MR) is 89.0 cm³/mol. The normalized spacial score (nSPS) is 13.1. The van der Waals surface area contributed by atoms with Crippen LogP contribution in [0.1, 0.15) is 11.1 Å². The molecule has 0 aromatic heterocycles. The molecule has 0 radical (unpaired) electrons. The number of hydrogen-bond acceptors (Lipinski definition) is 4. The molecule has 26 heavy (non-hydrogen) atoms. The van der Waals surface area contributed by atoms with Crippen molar-refractivity contribution < 1.29 is 27.4 Å². The number of fused-ring (bicyclic) bond motifs is 1. The number of amides is 1. The van der Waals surface area contributed by atoms with E-state index < -0.39 is 17.6 Å². The molecule has 0 fully saturated rings. The Bertz CT molecular complexity index is 809. The van der Waals surface area contributed by atoms with Crippen LogP contribution < -0.4 is 14.8 Å². The van der Waals surface area contributed by atoms with E-state index in [4.69, 9.17) is 9.47 Å². The number of nitrogens with zero attached hydrogens (tertiary/aromatic N) is 1. The second-order valence-corrected chi connectivity index (χ2v) is 5.95. The van der Waals surface area contributed by atoms with Crippen molar-refractivity contribution in [3.8, 4) is 11.5 Å². The quantitative estimate of drug-likeness (QED) is 0.880. The van der Waals surface area contributed by atoms with Crippen LogP contribution in [0.4, 0.5) is 18.9 Å². The fourth-order valence-corrected chi connectivity index (χ4v) is 2.68. The number of nitrogens with one attached hydrogen (secondary N) is 1. The molecule has 1 aliphatic rings. The monoisotopic (exact) mass is 366 g/mol. The average molecular weight is 366 g/mol. The van der Waals surface area contributed by atoms with Crippen LogP contribution in [0.15, 0.2) is 42.5 Å². The van der Waals surface area contributed by atoms with E-state index in [1.165, 1.54) is 18.2 Å². The van der Waals surface area contributed by atoms with Gasteiger partial charge in [0.25, 0.3) is 0 Å². The standard InChI is InChI=1S/C18H17F3N2O3/c1-23(9-12-6-7-15-16(8-12)26-11-25-15)10-17(24)22-14-5-3-2-4-13(14)18(19,20)21/h2-8H,9-11H2,1H3,(H,22,24). The number of benzene rings is 2. The van der Waals surface area contributed by atoms with Crippen molar-refractivity contribution in [3.05, 3.63) is 53.6 Å². The number of para-hydroxylation sites is 1. The molecule has 3 rings (SSSR count). The van der Waals surface area contributed by atoms with E-state index in [-0.39, 0.29) is 19.0 Å². The number of likely N-dealkylation sites (N-methyl/N-ethyl adjacent to an activating group) is 1. The molecule has 5 nitrogen and oxygen atoms in total. The molecular formula is C18H17F3N2O3. The predicted octanol–water partition coefficient (Wildman–Crippen LogP) is 3.50. The number of alkyl halides is 3. The first-order chi connectivity index (χ1) is 12.3. The molecule has 2 aromatic rings. The van der Waals surface area contributed by atoms with E-state index in [0.29, 0.717) is 18.0 Å². The summed E-state index contributed by atoms with van der Waals surface area (Å²) in [6.45, 7) is 0.557. The van der Waals surface area contributed by atoms with Crippen LogP contribution in [-0.2, 0) is 17.5 Å². The molecule has 0 saturated carbocycles. The summed E-state index contributed by atoms with van der Waals surface area (Å²) in [6, 6.07) is 10.3. The van der Waals surface area contributed by atoms with Gasteiger partial charge >= 0.3 is 6.18 Å². The number of rotatable bonds is 5. The lowest BCUT2D eigenvalue weighted by Crippen LogP contribution is -2.30. The Hall–Kier alpha value is -2.74. The maximum absolute atomic E-state index is 13.0. The number of carbonyl (C=O) groups is 1. The third kappa shape index (κ3) is 4.26. The van der Waals surface area contributed by atoms with Crippen molar-refractivity contribution in [2.75, 3.05) is 25.7 Å². The fourth-order valence-electron chi connectivity index (χ4n) is 2.68. The van der Waals surface area contributed by atoms with Crippen molar-refractivity contribution in [1.82, 2.24) is 4.90 Å². The van der Waals surface area contributed by atoms with Gasteiger partial charge in [-0.25, -0.2) is 0 Å². The molecule has 1 heterocycles. The number of carbonyl (C=O) groups excluding carboxylic acids is 1. The van der Waals surface area contributed by atoms with Crippen LogP contribution in [0.3, 0.4) is 0 Å².